The van der Waals surface area contributed by atoms with Crippen LogP contribution in [0.3, 0.4) is 0 Å². The molecule has 0 spiro atoms. The molecule has 0 radical (unpaired) electrons. The minimum absolute atomic E-state index is 0.0298. The van der Waals surface area contributed by atoms with Gasteiger partial charge in [0, 0.05) is 28.3 Å². The highest BCUT2D eigenvalue weighted by Crippen LogP contribution is 2.51. The molecule has 6 atom stereocenters. The number of nitrogens with zero attached hydrogens (tertiary/aromatic N) is 1. The van der Waals surface area contributed by atoms with Gasteiger partial charge < -0.3 is 30.9 Å². The summed E-state index contributed by atoms with van der Waals surface area (Å²) >= 11 is 1.36. The van der Waals surface area contributed by atoms with Crippen molar-refractivity contribution in [1.82, 2.24) is 10.2 Å². The first-order valence-corrected chi connectivity index (χ1v) is 11.5. The Morgan fingerprint density at radius 2 is 1.97 bits per heavy atom. The molecule has 1 aromatic rings. The first kappa shape index (κ1) is 23.3. The number of carbonyl (C=O) groups excluding carboxylic acids is 2. The zero-order valence-electron chi connectivity index (χ0n) is 18.0. The minimum atomic E-state index is -1.18. The number of nitrogens with one attached hydrogen (secondary N) is 2. The third-order valence-electron chi connectivity index (χ3n) is 6.39. The molecule has 1 aromatic carbocycles. The number of carboxylic acid groups (broad SMARTS) is 2. The fourth-order valence-corrected chi connectivity index (χ4v) is 6.29. The van der Waals surface area contributed by atoms with Crippen molar-refractivity contribution in [2.45, 2.75) is 43.7 Å². The lowest BCUT2D eigenvalue weighted by Crippen LogP contribution is -2.63. The molecular formula is C22H25N3O7S. The summed E-state index contributed by atoms with van der Waals surface area (Å²) in [5, 5.41) is 34.6. The molecule has 0 unspecified atom stereocenters. The summed E-state index contributed by atoms with van der Waals surface area (Å²) < 4.78 is 0. The smallest absolute Gasteiger partial charge is 0.353 e. The molecule has 0 aromatic heterocycles. The van der Waals surface area contributed by atoms with E-state index in [0.29, 0.717) is 23.6 Å². The Labute approximate surface area is 194 Å². The maximum Gasteiger partial charge on any atom is 0.353 e. The highest BCUT2D eigenvalue weighted by molar-refractivity contribution is 8.03. The van der Waals surface area contributed by atoms with E-state index >= 15 is 0 Å². The lowest BCUT2D eigenvalue weighted by atomic mass is 9.79. The van der Waals surface area contributed by atoms with Crippen molar-refractivity contribution >= 4 is 41.2 Å². The maximum atomic E-state index is 12.7. The first-order chi connectivity index (χ1) is 15.6. The fourth-order valence-electron chi connectivity index (χ4n) is 4.81. The molecule has 0 saturated carbocycles. The van der Waals surface area contributed by atoms with Crippen LogP contribution in [-0.4, -0.2) is 74.0 Å². The molecule has 3 aliphatic rings. The summed E-state index contributed by atoms with van der Waals surface area (Å²) in [5.41, 5.74) is 0.418. The van der Waals surface area contributed by atoms with Crippen molar-refractivity contribution in [1.29, 1.82) is 0 Å². The minimum Gasteiger partial charge on any atom is -0.478 e. The van der Waals surface area contributed by atoms with Gasteiger partial charge in [-0.15, -0.1) is 11.8 Å². The van der Waals surface area contributed by atoms with Gasteiger partial charge in [-0.3, -0.25) is 9.59 Å². The number of aliphatic carboxylic acids is 1. The second kappa shape index (κ2) is 8.81. The van der Waals surface area contributed by atoms with E-state index in [4.69, 9.17) is 5.11 Å². The fraction of sp³-hybridized carbons (Fsp3) is 0.455. The molecule has 0 bridgehead atoms. The first-order valence-electron chi connectivity index (χ1n) is 10.6. The van der Waals surface area contributed by atoms with E-state index in [9.17, 15) is 29.4 Å². The van der Waals surface area contributed by atoms with E-state index in [-0.39, 0.29) is 40.3 Å². The molecule has 5 N–H and O–H groups in total. The predicted molar refractivity (Wildman–Crippen MR) is 119 cm³/mol. The van der Waals surface area contributed by atoms with Gasteiger partial charge in [-0.2, -0.15) is 0 Å². The molecule has 0 aliphatic carbocycles. The summed E-state index contributed by atoms with van der Waals surface area (Å²) in [4.78, 5) is 50.1. The number of aromatic carboxylic acids is 1. The SMILES string of the molecule is C[C@@H]1C(S[C@H]2CN[C@@H](C(=O)Nc3cccc(C(=O)O)c3)C2)=C(C(=O)O)N2C(=O)[C@@H]([C@@H](C)O)[C@@H]12. The molecule has 2 fully saturated rings. The normalized spacial score (nSPS) is 29.5. The van der Waals surface area contributed by atoms with Gasteiger partial charge in [-0.05, 0) is 31.5 Å². The number of hydrogen-bond acceptors (Lipinski definition) is 7. The quantitative estimate of drug-likeness (QED) is 0.362. The number of hydrogen-bond donors (Lipinski definition) is 5. The van der Waals surface area contributed by atoms with E-state index in [2.05, 4.69) is 10.6 Å². The van der Waals surface area contributed by atoms with E-state index < -0.39 is 30.0 Å². The standard InChI is InChI=1S/C22H25N3O7S/c1-9-16-15(10(2)26)20(28)25(16)17(22(31)32)18(9)33-13-7-14(23-8-13)19(27)24-12-5-3-4-11(6-12)21(29)30/h3-6,9-10,13-16,23,26H,7-8H2,1-2H3,(H,24,27)(H,29,30)(H,31,32)/t9-,10+,13+,14+,15-,16+/m0/s1. The molecule has 3 aliphatic heterocycles. The number of aliphatic hydroxyl groups is 1. The van der Waals surface area contributed by atoms with Gasteiger partial charge >= 0.3 is 11.9 Å². The van der Waals surface area contributed by atoms with E-state index in [1.807, 2.05) is 6.92 Å². The average Bonchev–Trinajstić information content (AvgIpc) is 3.30. The van der Waals surface area contributed by atoms with Gasteiger partial charge in [0.2, 0.25) is 11.8 Å². The van der Waals surface area contributed by atoms with Crippen LogP contribution in [0.1, 0.15) is 30.6 Å². The summed E-state index contributed by atoms with van der Waals surface area (Å²) in [6, 6.07) is 5.07. The maximum absolute atomic E-state index is 12.7. The van der Waals surface area contributed by atoms with Crippen molar-refractivity contribution in [2.75, 3.05) is 11.9 Å². The van der Waals surface area contributed by atoms with Crippen molar-refractivity contribution < 1.29 is 34.5 Å². The van der Waals surface area contributed by atoms with Gasteiger partial charge in [0.1, 0.15) is 5.70 Å². The topological polar surface area (TPSA) is 156 Å². The number of aliphatic hydroxyl groups excluding tert-OH is 1. The van der Waals surface area contributed by atoms with Crippen LogP contribution in [0, 0.1) is 11.8 Å². The van der Waals surface area contributed by atoms with Gasteiger partial charge in [0.05, 0.1) is 29.7 Å². The van der Waals surface area contributed by atoms with Crippen LogP contribution in [-0.2, 0) is 14.4 Å². The Morgan fingerprint density at radius 1 is 1.24 bits per heavy atom. The number of carboxylic acids is 2. The largest absolute Gasteiger partial charge is 0.478 e. The molecule has 2 amide bonds. The zero-order chi connectivity index (χ0) is 24.0. The molecular weight excluding hydrogens is 450 g/mol. The van der Waals surface area contributed by atoms with Crippen LogP contribution in [0.4, 0.5) is 5.69 Å². The van der Waals surface area contributed by atoms with Crippen LogP contribution in [0.2, 0.25) is 0 Å². The number of rotatable bonds is 7. The molecule has 176 valence electrons. The van der Waals surface area contributed by atoms with Gasteiger partial charge in [0.25, 0.3) is 0 Å². The second-order valence-electron chi connectivity index (χ2n) is 8.58. The number of β-lactam (4-membered cyclic amide) rings is 1. The van der Waals surface area contributed by atoms with Gasteiger partial charge in [-0.25, -0.2) is 9.59 Å². The average molecular weight is 476 g/mol. The molecule has 4 rings (SSSR count). The molecule has 3 heterocycles. The number of anilines is 1. The molecule has 2 saturated heterocycles. The number of fused-ring (bicyclic) bond motifs is 1. The van der Waals surface area contributed by atoms with Crippen LogP contribution >= 0.6 is 11.8 Å². The number of benzene rings is 1. The van der Waals surface area contributed by atoms with Crippen molar-refractivity contribution in [2.24, 2.45) is 11.8 Å². The van der Waals surface area contributed by atoms with Gasteiger partial charge in [-0.1, -0.05) is 13.0 Å². The zero-order valence-corrected chi connectivity index (χ0v) is 18.8. The predicted octanol–water partition coefficient (Wildman–Crippen LogP) is 0.941. The molecule has 10 nitrogen and oxygen atoms in total. The highest BCUT2D eigenvalue weighted by atomic mass is 32.2. The van der Waals surface area contributed by atoms with Crippen molar-refractivity contribution in [3.63, 3.8) is 0 Å². The summed E-state index contributed by atoms with van der Waals surface area (Å²) in [5.74, 6) is -3.79. The van der Waals surface area contributed by atoms with E-state index in [1.54, 1.807) is 12.1 Å². The number of carbonyl (C=O) groups is 4. The number of amides is 2. The second-order valence-corrected chi connectivity index (χ2v) is 9.93. The van der Waals surface area contributed by atoms with Crippen molar-refractivity contribution in [3.05, 3.63) is 40.4 Å². The number of thioether (sulfide) groups is 1. The molecule has 33 heavy (non-hydrogen) atoms. The van der Waals surface area contributed by atoms with Crippen LogP contribution in [0.15, 0.2) is 34.9 Å². The van der Waals surface area contributed by atoms with E-state index in [0.717, 1.165) is 0 Å². The third-order valence-corrected chi connectivity index (χ3v) is 7.90. The Hall–Kier alpha value is -2.89. The Bertz CT molecular complexity index is 1060. The lowest BCUT2D eigenvalue weighted by Gasteiger charge is -2.46. The van der Waals surface area contributed by atoms with Gasteiger partial charge in [0.15, 0.2) is 0 Å². The Kier molecular flexibility index (Phi) is 6.21. The highest BCUT2D eigenvalue weighted by Gasteiger charge is 2.60. The monoisotopic (exact) mass is 475 g/mol. The van der Waals surface area contributed by atoms with E-state index in [1.165, 1.54) is 35.7 Å². The van der Waals surface area contributed by atoms with Crippen LogP contribution < -0.4 is 10.6 Å². The van der Waals surface area contributed by atoms with Crippen LogP contribution in [0.25, 0.3) is 0 Å². The summed E-state index contributed by atoms with van der Waals surface area (Å²) in [6.45, 7) is 3.87. The summed E-state index contributed by atoms with van der Waals surface area (Å²) in [7, 11) is 0. The molecule has 11 heteroatoms. The summed E-state index contributed by atoms with van der Waals surface area (Å²) in [6.07, 6.45) is -0.419. The Morgan fingerprint density at radius 3 is 2.61 bits per heavy atom. The van der Waals surface area contributed by atoms with Crippen LogP contribution in [0.5, 0.6) is 0 Å². The van der Waals surface area contributed by atoms with Crippen molar-refractivity contribution in [3.8, 4) is 0 Å². The lowest BCUT2D eigenvalue weighted by molar-refractivity contribution is -0.163. The third kappa shape index (κ3) is 4.11. The Balaban J connectivity index is 1.43.